The number of ether oxygens (including phenoxy) is 6. The number of aliphatic hydroxyl groups is 9. The number of hydrogen-bond acceptors (Lipinski definition) is 15. The van der Waals surface area contributed by atoms with Gasteiger partial charge in [-0.2, -0.15) is 0 Å². The van der Waals surface area contributed by atoms with E-state index in [1.807, 2.05) is 0 Å². The Labute approximate surface area is 316 Å². The van der Waals surface area contributed by atoms with Crippen LogP contribution >= 0.6 is 0 Å². The lowest BCUT2D eigenvalue weighted by atomic mass is 9.43. The van der Waals surface area contributed by atoms with Crippen LogP contribution in [-0.4, -0.2) is 158 Å². The molecule has 4 saturated heterocycles. The zero-order valence-corrected chi connectivity index (χ0v) is 31.7. The molecule has 0 radical (unpaired) electrons. The Kier molecular flexibility index (Phi) is 11.1. The van der Waals surface area contributed by atoms with Crippen molar-refractivity contribution in [1.29, 1.82) is 0 Å². The molecule has 1 spiro atoms. The minimum absolute atomic E-state index is 0.0297. The van der Waals surface area contributed by atoms with Crippen LogP contribution in [0.3, 0.4) is 0 Å². The quantitative estimate of drug-likeness (QED) is 0.147. The van der Waals surface area contributed by atoms with Crippen molar-refractivity contribution < 1.29 is 74.4 Å². The van der Waals surface area contributed by atoms with Crippen molar-refractivity contribution in [1.82, 2.24) is 0 Å². The van der Waals surface area contributed by atoms with Gasteiger partial charge in [0.15, 0.2) is 18.4 Å². The fourth-order valence-corrected chi connectivity index (χ4v) is 13.2. The summed E-state index contributed by atoms with van der Waals surface area (Å²) in [5.74, 6) is 1.51. The summed E-state index contributed by atoms with van der Waals surface area (Å²) in [6.07, 6.45) is -7.90. The van der Waals surface area contributed by atoms with Gasteiger partial charge in [0.25, 0.3) is 0 Å². The molecule has 15 heteroatoms. The molecule has 9 N–H and O–H groups in total. The van der Waals surface area contributed by atoms with Gasteiger partial charge in [-0.25, -0.2) is 0 Å². The zero-order valence-electron chi connectivity index (χ0n) is 31.7. The Morgan fingerprint density at radius 3 is 2.04 bits per heavy atom. The average molecular weight is 773 g/mol. The first-order valence-corrected chi connectivity index (χ1v) is 20.5. The fraction of sp³-hybridized carbons (Fsp3) is 1.00. The summed E-state index contributed by atoms with van der Waals surface area (Å²) in [5, 5.41) is 94.0. The molecule has 23 unspecified atom stereocenters. The molecule has 54 heavy (non-hydrogen) atoms. The van der Waals surface area contributed by atoms with Gasteiger partial charge in [-0.3, -0.25) is 0 Å². The fourth-order valence-electron chi connectivity index (χ4n) is 13.2. The summed E-state index contributed by atoms with van der Waals surface area (Å²) < 4.78 is 36.6. The van der Waals surface area contributed by atoms with E-state index in [1.165, 1.54) is 0 Å². The average Bonchev–Trinajstić information content (AvgIpc) is 3.60. The Balaban J connectivity index is 0.901. The van der Waals surface area contributed by atoms with Crippen molar-refractivity contribution in [3.63, 3.8) is 0 Å². The molecular weight excluding hydrogens is 708 g/mol. The first kappa shape index (κ1) is 40.2. The van der Waals surface area contributed by atoms with Crippen molar-refractivity contribution >= 4 is 0 Å². The maximum absolute atomic E-state index is 11.9. The van der Waals surface area contributed by atoms with Gasteiger partial charge >= 0.3 is 0 Å². The van der Waals surface area contributed by atoms with E-state index in [4.69, 9.17) is 28.4 Å². The summed E-state index contributed by atoms with van der Waals surface area (Å²) >= 11 is 0. The summed E-state index contributed by atoms with van der Waals surface area (Å²) in [6, 6.07) is 0. The highest BCUT2D eigenvalue weighted by Crippen LogP contribution is 2.71. The van der Waals surface area contributed by atoms with E-state index in [9.17, 15) is 46.0 Å². The highest BCUT2D eigenvalue weighted by Gasteiger charge is 2.70. The lowest BCUT2D eigenvalue weighted by Crippen LogP contribution is -2.62. The topological polar surface area (TPSA) is 237 Å². The summed E-state index contributed by atoms with van der Waals surface area (Å²) in [7, 11) is 0. The van der Waals surface area contributed by atoms with Gasteiger partial charge in [-0.15, -0.1) is 0 Å². The minimum Gasteiger partial charge on any atom is -0.396 e. The molecule has 8 rings (SSSR count). The normalized spacial score (nSPS) is 58.7. The van der Waals surface area contributed by atoms with Crippen LogP contribution in [0.1, 0.15) is 78.6 Å². The molecule has 0 bridgehead atoms. The van der Waals surface area contributed by atoms with E-state index in [1.54, 1.807) is 0 Å². The molecule has 0 amide bonds. The van der Waals surface area contributed by atoms with Crippen LogP contribution in [0, 0.1) is 52.3 Å². The molecule has 0 aromatic heterocycles. The molecule has 0 aromatic carbocycles. The monoisotopic (exact) mass is 772 g/mol. The predicted octanol–water partition coefficient (Wildman–Crippen LogP) is -0.615. The smallest absolute Gasteiger partial charge is 0.186 e. The second-order valence-corrected chi connectivity index (χ2v) is 18.8. The van der Waals surface area contributed by atoms with Crippen LogP contribution in [0.2, 0.25) is 0 Å². The van der Waals surface area contributed by atoms with Crippen LogP contribution in [0.5, 0.6) is 0 Å². The highest BCUT2D eigenvalue weighted by molar-refractivity contribution is 5.16. The molecule has 8 aliphatic rings. The van der Waals surface area contributed by atoms with Gasteiger partial charge in [-0.05, 0) is 91.8 Å². The lowest BCUT2D eigenvalue weighted by Gasteiger charge is -2.62. The van der Waals surface area contributed by atoms with Crippen LogP contribution in [-0.2, 0) is 28.4 Å². The van der Waals surface area contributed by atoms with E-state index < -0.39 is 86.5 Å². The maximum Gasteiger partial charge on any atom is 0.186 e. The molecule has 23 atom stereocenters. The van der Waals surface area contributed by atoms with E-state index >= 15 is 0 Å². The van der Waals surface area contributed by atoms with E-state index in [0.29, 0.717) is 43.1 Å². The third-order valence-electron chi connectivity index (χ3n) is 16.3. The Morgan fingerprint density at radius 2 is 1.35 bits per heavy atom. The van der Waals surface area contributed by atoms with Crippen molar-refractivity contribution in [2.45, 2.75) is 164 Å². The van der Waals surface area contributed by atoms with Crippen LogP contribution in [0.4, 0.5) is 0 Å². The third kappa shape index (κ3) is 6.35. The highest BCUT2D eigenvalue weighted by atomic mass is 16.7. The molecule has 4 aliphatic heterocycles. The Morgan fingerprint density at radius 1 is 0.667 bits per heavy atom. The summed E-state index contributed by atoms with van der Waals surface area (Å²) in [4.78, 5) is 0. The van der Waals surface area contributed by atoms with Crippen LogP contribution < -0.4 is 0 Å². The van der Waals surface area contributed by atoms with Crippen LogP contribution in [0.25, 0.3) is 0 Å². The second kappa shape index (κ2) is 14.9. The van der Waals surface area contributed by atoms with Crippen molar-refractivity contribution in [3.8, 4) is 0 Å². The number of hydrogen-bond donors (Lipinski definition) is 9. The summed E-state index contributed by atoms with van der Waals surface area (Å²) in [6.45, 7) is 6.73. The maximum atomic E-state index is 11.9. The molecule has 4 aliphatic carbocycles. The van der Waals surface area contributed by atoms with Crippen LogP contribution in [0.15, 0.2) is 0 Å². The number of aliphatic hydroxyl groups excluding tert-OH is 9. The van der Waals surface area contributed by atoms with Gasteiger partial charge in [0, 0.05) is 24.9 Å². The van der Waals surface area contributed by atoms with Gasteiger partial charge in [0.1, 0.15) is 48.8 Å². The van der Waals surface area contributed by atoms with Gasteiger partial charge < -0.3 is 74.4 Å². The first-order valence-electron chi connectivity index (χ1n) is 20.5. The third-order valence-corrected chi connectivity index (χ3v) is 16.3. The Bertz CT molecular complexity index is 1310. The molecular formula is C39H64O15. The van der Waals surface area contributed by atoms with Crippen molar-refractivity contribution in [3.05, 3.63) is 0 Å². The zero-order chi connectivity index (χ0) is 38.5. The van der Waals surface area contributed by atoms with Gasteiger partial charge in [0.2, 0.25) is 0 Å². The predicted molar refractivity (Wildman–Crippen MR) is 186 cm³/mol. The first-order chi connectivity index (χ1) is 25.7. The van der Waals surface area contributed by atoms with Gasteiger partial charge in [0.05, 0.1) is 38.1 Å². The molecule has 0 aromatic rings. The standard InChI is InChI=1S/C39H64O15/c1-17-28-25(54-39(17)9-4-18(13-40)15-50-39)12-22-20-11-24(42)23-10-19(5-7-37(23,2)21(20)6-8-38(22,28)3)51-36-34(48)32(46)30(44)27(53-36)16-49-35-33(47)31(45)29(43)26(14-41)52-35/h17-36,40-48H,4-16H2,1-3H3. The second-order valence-electron chi connectivity index (χ2n) is 18.8. The lowest BCUT2D eigenvalue weighted by molar-refractivity contribution is -0.338. The summed E-state index contributed by atoms with van der Waals surface area (Å²) in [5.41, 5.74) is -0.0116. The molecule has 310 valence electrons. The molecule has 8 fully saturated rings. The van der Waals surface area contributed by atoms with E-state index in [-0.39, 0.29) is 47.4 Å². The molecule has 4 saturated carbocycles. The van der Waals surface area contributed by atoms with Crippen molar-refractivity contribution in [2.24, 2.45) is 52.3 Å². The van der Waals surface area contributed by atoms with Gasteiger partial charge in [-0.1, -0.05) is 20.8 Å². The largest absolute Gasteiger partial charge is 0.396 e. The van der Waals surface area contributed by atoms with E-state index in [0.717, 1.165) is 44.9 Å². The Hall–Kier alpha value is -0.600. The SMILES string of the molecule is CC1C2C(CC3C4CC(O)C5CC(OC6OC(COC7OC(CO)C(O)C(O)C7O)C(O)C(O)C6O)CCC5(C)C4CCC32C)OC12CCC(CO)CO2. The van der Waals surface area contributed by atoms with E-state index in [2.05, 4.69) is 20.8 Å². The van der Waals surface area contributed by atoms with Crippen molar-refractivity contribution in [2.75, 3.05) is 26.4 Å². The number of fused-ring (bicyclic) bond motifs is 7. The minimum atomic E-state index is -1.66. The molecule has 4 heterocycles. The number of rotatable bonds is 7. The molecule has 15 nitrogen and oxygen atoms in total.